The fourth-order valence-electron chi connectivity index (χ4n) is 4.74. The Morgan fingerprint density at radius 2 is 1.83 bits per heavy atom. The number of nitrogens with zero attached hydrogens (tertiary/aromatic N) is 5. The van der Waals surface area contributed by atoms with E-state index in [1.807, 2.05) is 4.90 Å². The van der Waals surface area contributed by atoms with Gasteiger partial charge in [0.25, 0.3) is 5.91 Å². The second kappa shape index (κ2) is 9.47. The molecule has 180 valence electrons. The number of anilines is 1. The minimum Gasteiger partial charge on any atom is -0.391 e. The van der Waals surface area contributed by atoms with Crippen LogP contribution in [0.25, 0.3) is 16.9 Å². The van der Waals surface area contributed by atoms with Crippen LogP contribution in [-0.2, 0) is 0 Å². The molecular weight excluding hydrogens is 452 g/mol. The van der Waals surface area contributed by atoms with Gasteiger partial charge in [0.05, 0.1) is 17.4 Å². The van der Waals surface area contributed by atoms with Crippen molar-refractivity contribution in [3.63, 3.8) is 0 Å². The third-order valence-electron chi connectivity index (χ3n) is 6.65. The fourth-order valence-corrected chi connectivity index (χ4v) is 4.74. The van der Waals surface area contributed by atoms with Crippen molar-refractivity contribution in [1.29, 1.82) is 5.26 Å². The van der Waals surface area contributed by atoms with Gasteiger partial charge in [-0.05, 0) is 62.1 Å². The van der Waals surface area contributed by atoms with E-state index in [4.69, 9.17) is 5.26 Å². The van der Waals surface area contributed by atoms with Gasteiger partial charge < -0.3 is 14.9 Å². The molecule has 3 aromatic rings. The number of nitriles is 1. The topological polar surface area (TPSA) is 85.4 Å². The summed E-state index contributed by atoms with van der Waals surface area (Å²) in [5.74, 6) is -1.51. The predicted octanol–water partition coefficient (Wildman–Crippen LogP) is 3.89. The number of halogens is 2. The Kier molecular flexibility index (Phi) is 6.22. The summed E-state index contributed by atoms with van der Waals surface area (Å²) in [6.07, 6.45) is 3.09. The number of carbonyl (C=O) groups is 1. The van der Waals surface area contributed by atoms with Gasteiger partial charge in [0.2, 0.25) is 0 Å². The average Bonchev–Trinajstić information content (AvgIpc) is 3.51. The highest BCUT2D eigenvalue weighted by molar-refractivity contribution is 5.93. The predicted molar refractivity (Wildman–Crippen MR) is 126 cm³/mol. The molecule has 0 radical (unpaired) electrons. The number of β-amino-alcohol motifs (C(OH)–C–C–N with tert-alkyl or cyclic N) is 1. The summed E-state index contributed by atoms with van der Waals surface area (Å²) in [6.45, 7) is 2.34. The summed E-state index contributed by atoms with van der Waals surface area (Å²) in [7, 11) is 0. The molecule has 0 aliphatic carbocycles. The van der Waals surface area contributed by atoms with E-state index < -0.39 is 17.7 Å². The van der Waals surface area contributed by atoms with Crippen LogP contribution in [0, 0.1) is 23.0 Å². The number of benzene rings is 2. The molecule has 3 heterocycles. The zero-order chi connectivity index (χ0) is 24.5. The van der Waals surface area contributed by atoms with Crippen LogP contribution in [0.1, 0.15) is 41.7 Å². The first-order valence-electron chi connectivity index (χ1n) is 11.8. The van der Waals surface area contributed by atoms with E-state index in [-0.39, 0.29) is 22.9 Å². The van der Waals surface area contributed by atoms with Gasteiger partial charge in [-0.25, -0.2) is 13.5 Å². The number of aromatic nitrogens is 2. The number of aliphatic hydroxyl groups is 1. The lowest BCUT2D eigenvalue weighted by Gasteiger charge is -2.25. The van der Waals surface area contributed by atoms with Crippen molar-refractivity contribution in [3.05, 3.63) is 65.4 Å². The SMILES string of the molecule is N#Cc1ccc(-c2cc(C(=O)N3CCCCC3)nn2-c2ccc(N3CCC(O)C3)cc2F)cc1F. The molecule has 2 aromatic carbocycles. The van der Waals surface area contributed by atoms with Gasteiger partial charge in [0.15, 0.2) is 11.5 Å². The molecule has 2 aliphatic heterocycles. The summed E-state index contributed by atoms with van der Waals surface area (Å²) < 4.78 is 31.1. The van der Waals surface area contributed by atoms with Crippen LogP contribution in [0.4, 0.5) is 14.5 Å². The van der Waals surface area contributed by atoms with Gasteiger partial charge in [-0.3, -0.25) is 4.79 Å². The van der Waals surface area contributed by atoms with Gasteiger partial charge in [0.1, 0.15) is 17.6 Å². The Morgan fingerprint density at radius 3 is 2.49 bits per heavy atom. The molecule has 0 bridgehead atoms. The number of piperidine rings is 1. The Labute approximate surface area is 201 Å². The zero-order valence-corrected chi connectivity index (χ0v) is 19.1. The molecule has 1 atom stereocenters. The monoisotopic (exact) mass is 477 g/mol. The number of amides is 1. The van der Waals surface area contributed by atoms with Crippen LogP contribution in [-0.4, -0.2) is 58.0 Å². The molecule has 9 heteroatoms. The summed E-state index contributed by atoms with van der Waals surface area (Å²) in [6, 6.07) is 12.1. The fraction of sp³-hybridized carbons (Fsp3) is 0.346. The van der Waals surface area contributed by atoms with Crippen LogP contribution < -0.4 is 4.90 Å². The number of carbonyl (C=O) groups excluding carboxylic acids is 1. The molecular formula is C26H25F2N5O2. The number of rotatable bonds is 4. The van der Waals surface area contributed by atoms with Gasteiger partial charge in [-0.1, -0.05) is 6.07 Å². The van der Waals surface area contributed by atoms with Crippen molar-refractivity contribution < 1.29 is 18.7 Å². The van der Waals surface area contributed by atoms with Crippen LogP contribution in [0.2, 0.25) is 0 Å². The third-order valence-corrected chi connectivity index (χ3v) is 6.65. The second-order valence-electron chi connectivity index (χ2n) is 9.01. The van der Waals surface area contributed by atoms with Crippen molar-refractivity contribution in [2.24, 2.45) is 0 Å². The highest BCUT2D eigenvalue weighted by Gasteiger charge is 2.25. The van der Waals surface area contributed by atoms with Crippen molar-refractivity contribution >= 4 is 11.6 Å². The van der Waals surface area contributed by atoms with Crippen LogP contribution in [0.5, 0.6) is 0 Å². The number of aliphatic hydroxyl groups excluding tert-OH is 1. The van der Waals surface area contributed by atoms with Crippen molar-refractivity contribution in [2.45, 2.75) is 31.8 Å². The lowest BCUT2D eigenvalue weighted by molar-refractivity contribution is 0.0718. The van der Waals surface area contributed by atoms with Crippen molar-refractivity contribution in [3.8, 4) is 23.0 Å². The molecule has 0 spiro atoms. The summed E-state index contributed by atoms with van der Waals surface area (Å²) in [5.41, 5.74) is 1.52. The standard InChI is InChI=1S/C26H25F2N5O2/c27-21-12-17(4-5-18(21)15-29)25-14-23(26(35)31-9-2-1-3-10-31)30-33(25)24-7-6-19(13-22(24)28)32-11-8-20(34)16-32/h4-7,12-14,20,34H,1-3,8-11,16H2. The van der Waals surface area contributed by atoms with E-state index in [0.717, 1.165) is 19.3 Å². The van der Waals surface area contributed by atoms with E-state index in [1.54, 1.807) is 35.2 Å². The summed E-state index contributed by atoms with van der Waals surface area (Å²) in [4.78, 5) is 16.8. The number of likely N-dealkylation sites (tertiary alicyclic amines) is 1. The third kappa shape index (κ3) is 4.49. The van der Waals surface area contributed by atoms with E-state index in [1.165, 1.54) is 22.9 Å². The molecule has 2 fully saturated rings. The van der Waals surface area contributed by atoms with E-state index in [0.29, 0.717) is 49.5 Å². The lowest BCUT2D eigenvalue weighted by Crippen LogP contribution is -2.35. The maximum atomic E-state index is 15.4. The molecule has 1 unspecified atom stereocenters. The molecule has 1 aromatic heterocycles. The van der Waals surface area contributed by atoms with Gasteiger partial charge in [-0.2, -0.15) is 10.4 Å². The highest BCUT2D eigenvalue weighted by atomic mass is 19.1. The highest BCUT2D eigenvalue weighted by Crippen LogP contribution is 2.30. The van der Waals surface area contributed by atoms with E-state index >= 15 is 4.39 Å². The second-order valence-corrected chi connectivity index (χ2v) is 9.01. The molecule has 35 heavy (non-hydrogen) atoms. The molecule has 0 saturated carbocycles. The zero-order valence-electron chi connectivity index (χ0n) is 19.1. The maximum absolute atomic E-state index is 15.4. The Morgan fingerprint density at radius 1 is 1.03 bits per heavy atom. The number of hydrogen-bond donors (Lipinski definition) is 1. The normalized spacial score (nSPS) is 18.1. The first kappa shape index (κ1) is 23.0. The van der Waals surface area contributed by atoms with Crippen LogP contribution in [0.15, 0.2) is 42.5 Å². The Balaban J connectivity index is 1.57. The van der Waals surface area contributed by atoms with Gasteiger partial charge >= 0.3 is 0 Å². The van der Waals surface area contributed by atoms with E-state index in [2.05, 4.69) is 5.10 Å². The smallest absolute Gasteiger partial charge is 0.274 e. The summed E-state index contributed by atoms with van der Waals surface area (Å²) in [5, 5.41) is 23.3. The molecule has 2 saturated heterocycles. The summed E-state index contributed by atoms with van der Waals surface area (Å²) >= 11 is 0. The minimum atomic E-state index is -0.704. The number of hydrogen-bond acceptors (Lipinski definition) is 5. The van der Waals surface area contributed by atoms with E-state index in [9.17, 15) is 14.3 Å². The lowest BCUT2D eigenvalue weighted by atomic mass is 10.1. The maximum Gasteiger partial charge on any atom is 0.274 e. The Hall–Kier alpha value is -3.77. The van der Waals surface area contributed by atoms with Crippen molar-refractivity contribution in [1.82, 2.24) is 14.7 Å². The van der Waals surface area contributed by atoms with Crippen LogP contribution in [0.3, 0.4) is 0 Å². The van der Waals surface area contributed by atoms with Crippen LogP contribution >= 0.6 is 0 Å². The largest absolute Gasteiger partial charge is 0.391 e. The minimum absolute atomic E-state index is 0.104. The van der Waals surface area contributed by atoms with Crippen molar-refractivity contribution in [2.75, 3.05) is 31.1 Å². The first-order chi connectivity index (χ1) is 16.9. The van der Waals surface area contributed by atoms with Gasteiger partial charge in [0, 0.05) is 37.4 Å². The molecule has 1 N–H and O–H groups in total. The molecule has 7 nitrogen and oxygen atoms in total. The van der Waals surface area contributed by atoms with Gasteiger partial charge in [-0.15, -0.1) is 0 Å². The quantitative estimate of drug-likeness (QED) is 0.616. The first-order valence-corrected chi connectivity index (χ1v) is 11.8. The molecule has 2 aliphatic rings. The average molecular weight is 478 g/mol. The molecule has 1 amide bonds. The Bertz CT molecular complexity index is 1310. The molecule has 5 rings (SSSR count).